The highest BCUT2D eigenvalue weighted by Gasteiger charge is 2.49. The summed E-state index contributed by atoms with van der Waals surface area (Å²) in [6.07, 6.45) is 10.2. The lowest BCUT2D eigenvalue weighted by molar-refractivity contribution is 0.0585. The molecule has 2 aromatic heterocycles. The van der Waals surface area contributed by atoms with Crippen LogP contribution < -0.4 is 0 Å². The van der Waals surface area contributed by atoms with Crippen LogP contribution in [0.25, 0.3) is 0 Å². The maximum Gasteiger partial charge on any atom is 0.164 e. The highest BCUT2D eigenvalue weighted by atomic mass is 32.1. The van der Waals surface area contributed by atoms with Gasteiger partial charge in [-0.05, 0) is 23.8 Å². The van der Waals surface area contributed by atoms with E-state index >= 15 is 0 Å². The maximum atomic E-state index is 12.5. The lowest BCUT2D eigenvalue weighted by Crippen LogP contribution is -2.29. The fourth-order valence-electron chi connectivity index (χ4n) is 5.00. The molecule has 7 heteroatoms. The van der Waals surface area contributed by atoms with Gasteiger partial charge in [0.05, 0.1) is 25.0 Å². The molecule has 150 valence electrons. The second-order valence-electron chi connectivity index (χ2n) is 8.46. The number of aromatic nitrogens is 3. The summed E-state index contributed by atoms with van der Waals surface area (Å²) in [6.45, 7) is 1.15. The Morgan fingerprint density at radius 3 is 2.86 bits per heavy atom. The summed E-state index contributed by atoms with van der Waals surface area (Å²) in [7, 11) is 0. The molecule has 0 aromatic carbocycles. The zero-order chi connectivity index (χ0) is 18.9. The number of rotatable bonds is 6. The quantitative estimate of drug-likeness (QED) is 0.691. The third-order valence-electron chi connectivity index (χ3n) is 6.54. The van der Waals surface area contributed by atoms with Crippen molar-refractivity contribution in [2.24, 2.45) is 11.8 Å². The standard InChI is InChI=1S/C21H27N3O3S/c25-19(15-6-7-28-13-15)9-16-11-26-21-18(12-27-20(16)21)24-10-17(22-23-24)8-14-4-2-1-3-5-14/h6-7,10,13-14,16,18,20-21H,1-5,8-9,11-12H2/t16-,18-,20+,21+/m0/s1. The lowest BCUT2D eigenvalue weighted by Gasteiger charge is -2.20. The van der Waals surface area contributed by atoms with E-state index in [4.69, 9.17) is 9.47 Å². The number of carbonyl (C=O) groups excluding carboxylic acids is 1. The molecule has 4 atom stereocenters. The first-order valence-corrected chi connectivity index (χ1v) is 11.4. The van der Waals surface area contributed by atoms with Crippen molar-refractivity contribution in [2.75, 3.05) is 13.2 Å². The monoisotopic (exact) mass is 401 g/mol. The van der Waals surface area contributed by atoms with Crippen LogP contribution in [-0.4, -0.2) is 46.2 Å². The molecular weight excluding hydrogens is 374 g/mol. The van der Waals surface area contributed by atoms with E-state index in [1.54, 1.807) is 11.3 Å². The van der Waals surface area contributed by atoms with E-state index in [1.807, 2.05) is 21.5 Å². The first-order valence-electron chi connectivity index (χ1n) is 10.5. The second kappa shape index (κ2) is 8.05. The molecule has 1 aliphatic carbocycles. The first kappa shape index (κ1) is 18.5. The van der Waals surface area contributed by atoms with E-state index in [0.29, 0.717) is 19.6 Å². The van der Waals surface area contributed by atoms with Crippen LogP contribution in [-0.2, 0) is 15.9 Å². The highest BCUT2D eigenvalue weighted by Crippen LogP contribution is 2.39. The van der Waals surface area contributed by atoms with E-state index in [0.717, 1.165) is 23.6 Å². The minimum Gasteiger partial charge on any atom is -0.373 e. The summed E-state index contributed by atoms with van der Waals surface area (Å²) in [4.78, 5) is 12.5. The zero-order valence-electron chi connectivity index (χ0n) is 16.0. The topological polar surface area (TPSA) is 66.2 Å². The molecule has 5 rings (SSSR count). The lowest BCUT2D eigenvalue weighted by atomic mass is 9.86. The zero-order valence-corrected chi connectivity index (χ0v) is 16.9. The van der Waals surface area contributed by atoms with Crippen molar-refractivity contribution in [3.8, 4) is 0 Å². The highest BCUT2D eigenvalue weighted by molar-refractivity contribution is 7.08. The summed E-state index contributed by atoms with van der Waals surface area (Å²) >= 11 is 1.56. The minimum atomic E-state index is -0.0375. The van der Waals surface area contributed by atoms with Gasteiger partial charge in [-0.15, -0.1) is 5.10 Å². The number of ether oxygens (including phenoxy) is 2. The van der Waals surface area contributed by atoms with Crippen molar-refractivity contribution in [3.05, 3.63) is 34.3 Å². The Morgan fingerprint density at radius 2 is 2.04 bits per heavy atom. The SMILES string of the molecule is O=C(C[C@H]1CO[C@H]2[C@@H]1OC[C@@H]2n1cc(CC2CCCCC2)nn1)c1ccsc1. The second-order valence-corrected chi connectivity index (χ2v) is 9.24. The molecule has 28 heavy (non-hydrogen) atoms. The van der Waals surface area contributed by atoms with Gasteiger partial charge < -0.3 is 9.47 Å². The molecule has 4 heterocycles. The van der Waals surface area contributed by atoms with Gasteiger partial charge in [0.15, 0.2) is 5.78 Å². The van der Waals surface area contributed by atoms with Gasteiger partial charge in [0.25, 0.3) is 0 Å². The molecule has 0 amide bonds. The van der Waals surface area contributed by atoms with E-state index in [2.05, 4.69) is 16.5 Å². The maximum absolute atomic E-state index is 12.5. The van der Waals surface area contributed by atoms with Gasteiger partial charge in [0, 0.05) is 29.5 Å². The van der Waals surface area contributed by atoms with E-state index < -0.39 is 0 Å². The van der Waals surface area contributed by atoms with Crippen LogP contribution in [0.5, 0.6) is 0 Å². The van der Waals surface area contributed by atoms with Gasteiger partial charge in [0.2, 0.25) is 0 Å². The Labute approximate surface area is 169 Å². The molecule has 0 unspecified atom stereocenters. The molecule has 2 aromatic rings. The summed E-state index contributed by atoms with van der Waals surface area (Å²) in [5.74, 6) is 1.05. The first-order chi connectivity index (χ1) is 13.8. The molecule has 3 fully saturated rings. The van der Waals surface area contributed by atoms with Crippen molar-refractivity contribution in [3.63, 3.8) is 0 Å². The number of carbonyl (C=O) groups is 1. The van der Waals surface area contributed by atoms with E-state index in [-0.39, 0.29) is 30.0 Å². The van der Waals surface area contributed by atoms with Crippen LogP contribution in [0.1, 0.15) is 60.6 Å². The normalized spacial score (nSPS) is 30.6. The summed E-state index contributed by atoms with van der Waals surface area (Å²) < 4.78 is 14.1. The number of hydrogen-bond acceptors (Lipinski definition) is 6. The molecule has 1 saturated carbocycles. The van der Waals surface area contributed by atoms with Crippen LogP contribution in [0.2, 0.25) is 0 Å². The van der Waals surface area contributed by atoms with Crippen molar-refractivity contribution in [1.29, 1.82) is 0 Å². The van der Waals surface area contributed by atoms with Crippen LogP contribution >= 0.6 is 11.3 Å². The molecule has 6 nitrogen and oxygen atoms in total. The van der Waals surface area contributed by atoms with Crippen LogP contribution in [0.15, 0.2) is 23.0 Å². The van der Waals surface area contributed by atoms with Gasteiger partial charge in [-0.25, -0.2) is 4.68 Å². The Morgan fingerprint density at radius 1 is 1.18 bits per heavy atom. The van der Waals surface area contributed by atoms with Gasteiger partial charge in [-0.1, -0.05) is 37.3 Å². The molecule has 2 aliphatic heterocycles. The number of thiophene rings is 1. The number of Topliss-reactive ketones (excluding diaryl/α,β-unsaturated/α-hetero) is 1. The fraction of sp³-hybridized carbons (Fsp3) is 0.667. The number of ketones is 1. The summed E-state index contributed by atoms with van der Waals surface area (Å²) in [5.41, 5.74) is 1.88. The van der Waals surface area contributed by atoms with Crippen molar-refractivity contribution in [1.82, 2.24) is 15.0 Å². The van der Waals surface area contributed by atoms with Crippen molar-refractivity contribution >= 4 is 17.1 Å². The van der Waals surface area contributed by atoms with Crippen molar-refractivity contribution < 1.29 is 14.3 Å². The van der Waals surface area contributed by atoms with Gasteiger partial charge in [-0.3, -0.25) is 4.79 Å². The molecule has 0 spiro atoms. The Kier molecular flexibility index (Phi) is 5.30. The smallest absolute Gasteiger partial charge is 0.164 e. The third-order valence-corrected chi connectivity index (χ3v) is 7.22. The Hall–Kier alpha value is -1.57. The van der Waals surface area contributed by atoms with Gasteiger partial charge in [-0.2, -0.15) is 11.3 Å². The molecule has 0 N–H and O–H groups in total. The molecular formula is C21H27N3O3S. The summed E-state index contributed by atoms with van der Waals surface area (Å²) in [5, 5.41) is 12.7. The van der Waals surface area contributed by atoms with Gasteiger partial charge in [0.1, 0.15) is 12.1 Å². The molecule has 0 bridgehead atoms. The van der Waals surface area contributed by atoms with E-state index in [1.165, 1.54) is 32.1 Å². The Bertz CT molecular complexity index is 800. The minimum absolute atomic E-state index is 0.0291. The largest absolute Gasteiger partial charge is 0.373 e. The predicted octanol–water partition coefficient (Wildman–Crippen LogP) is 3.69. The number of nitrogens with zero attached hydrogens (tertiary/aromatic N) is 3. The van der Waals surface area contributed by atoms with E-state index in [9.17, 15) is 4.79 Å². The fourth-order valence-corrected chi connectivity index (χ4v) is 5.66. The van der Waals surface area contributed by atoms with Crippen LogP contribution in [0.3, 0.4) is 0 Å². The predicted molar refractivity (Wildman–Crippen MR) is 106 cm³/mol. The number of fused-ring (bicyclic) bond motifs is 1. The van der Waals surface area contributed by atoms with Crippen LogP contribution in [0.4, 0.5) is 0 Å². The van der Waals surface area contributed by atoms with Crippen molar-refractivity contribution in [2.45, 2.75) is 63.2 Å². The molecule has 0 radical (unpaired) electrons. The molecule has 3 aliphatic rings. The Balaban J connectivity index is 1.21. The van der Waals surface area contributed by atoms with Crippen LogP contribution in [0, 0.1) is 11.8 Å². The van der Waals surface area contributed by atoms with Gasteiger partial charge >= 0.3 is 0 Å². The average Bonchev–Trinajstić information content (AvgIpc) is 3.49. The third kappa shape index (κ3) is 3.67. The average molecular weight is 402 g/mol. The number of hydrogen-bond donors (Lipinski definition) is 0. The summed E-state index contributed by atoms with van der Waals surface area (Å²) in [6, 6.07) is 1.95. The molecule has 2 saturated heterocycles.